The Kier molecular flexibility index (Phi) is 6.85. The first-order valence-corrected chi connectivity index (χ1v) is 11.6. The van der Waals surface area contributed by atoms with Crippen LogP contribution in [0.15, 0.2) is 38.9 Å². The highest BCUT2D eigenvalue weighted by molar-refractivity contribution is 7.85. The van der Waals surface area contributed by atoms with Crippen LogP contribution in [0, 0.1) is 0 Å². The van der Waals surface area contributed by atoms with Crippen molar-refractivity contribution < 1.29 is 26.9 Å². The van der Waals surface area contributed by atoms with E-state index in [-0.39, 0.29) is 24.6 Å². The second-order valence-electron chi connectivity index (χ2n) is 6.39. The third kappa shape index (κ3) is 5.88. The fraction of sp³-hybridized carbons (Fsp3) is 0.316. The lowest BCUT2D eigenvalue weighted by Crippen LogP contribution is -2.10. The SMILES string of the molecule is CCOC(=O)Cc1csc(-c2cc3ccc(NCCCS(=O)(=O)O)cc3oc2=O)n1. The molecule has 30 heavy (non-hydrogen) atoms. The minimum absolute atomic E-state index is 0.0376. The Morgan fingerprint density at radius 3 is 2.87 bits per heavy atom. The van der Waals surface area contributed by atoms with E-state index < -0.39 is 15.7 Å². The zero-order chi connectivity index (χ0) is 21.7. The lowest BCUT2D eigenvalue weighted by molar-refractivity contribution is -0.142. The molecule has 0 bridgehead atoms. The molecule has 9 nitrogen and oxygen atoms in total. The second kappa shape index (κ2) is 9.37. The molecule has 3 rings (SSSR count). The van der Waals surface area contributed by atoms with E-state index in [4.69, 9.17) is 13.7 Å². The van der Waals surface area contributed by atoms with E-state index in [9.17, 15) is 18.0 Å². The predicted molar refractivity (Wildman–Crippen MR) is 113 cm³/mol. The van der Waals surface area contributed by atoms with Gasteiger partial charge < -0.3 is 14.5 Å². The maximum Gasteiger partial charge on any atom is 0.346 e. The van der Waals surface area contributed by atoms with Crippen LogP contribution in [-0.2, 0) is 26.1 Å². The molecule has 0 unspecified atom stereocenters. The monoisotopic (exact) mass is 452 g/mol. The minimum Gasteiger partial charge on any atom is -0.466 e. The standard InChI is InChI=1S/C19H20N2O7S2/c1-2-27-17(22)10-14-11-29-18(21-14)15-8-12-4-5-13(9-16(12)28-19(15)23)20-6-3-7-30(24,25)26/h4-5,8-9,11,20H,2-3,6-7,10H2,1H3,(H,24,25,26). The Balaban J connectivity index is 1.75. The lowest BCUT2D eigenvalue weighted by atomic mass is 10.1. The quantitative estimate of drug-likeness (QED) is 0.217. The zero-order valence-corrected chi connectivity index (χ0v) is 17.7. The molecule has 0 atom stereocenters. The average Bonchev–Trinajstić information content (AvgIpc) is 3.12. The number of thiazole rings is 1. The maximum atomic E-state index is 12.4. The molecular weight excluding hydrogens is 432 g/mol. The second-order valence-corrected chi connectivity index (χ2v) is 8.82. The first kappa shape index (κ1) is 21.9. The number of carbonyl (C=O) groups is 1. The van der Waals surface area contributed by atoms with Gasteiger partial charge in [0.05, 0.1) is 30.0 Å². The minimum atomic E-state index is -3.99. The van der Waals surface area contributed by atoms with Crippen molar-refractivity contribution in [2.75, 3.05) is 24.2 Å². The molecule has 160 valence electrons. The number of hydrogen-bond donors (Lipinski definition) is 2. The van der Waals surface area contributed by atoms with Crippen LogP contribution in [-0.4, -0.2) is 42.8 Å². The smallest absolute Gasteiger partial charge is 0.346 e. The van der Waals surface area contributed by atoms with E-state index in [0.29, 0.717) is 46.1 Å². The van der Waals surface area contributed by atoms with Gasteiger partial charge in [0.25, 0.3) is 10.1 Å². The number of aromatic nitrogens is 1. The number of nitrogens with one attached hydrogen (secondary N) is 1. The van der Waals surface area contributed by atoms with Gasteiger partial charge in [-0.3, -0.25) is 9.35 Å². The highest BCUT2D eigenvalue weighted by Crippen LogP contribution is 2.26. The number of anilines is 1. The summed E-state index contributed by atoms with van der Waals surface area (Å²) < 4.78 is 40.5. The Morgan fingerprint density at radius 1 is 1.33 bits per heavy atom. The van der Waals surface area contributed by atoms with Crippen LogP contribution in [0.4, 0.5) is 5.69 Å². The summed E-state index contributed by atoms with van der Waals surface area (Å²) in [7, 11) is -3.99. The van der Waals surface area contributed by atoms with Gasteiger partial charge in [0.15, 0.2) is 0 Å². The fourth-order valence-corrected chi connectivity index (χ4v) is 4.06. The Labute approximate surface area is 176 Å². The van der Waals surface area contributed by atoms with Gasteiger partial charge in [-0.15, -0.1) is 11.3 Å². The van der Waals surface area contributed by atoms with Gasteiger partial charge in [0, 0.05) is 29.1 Å². The molecule has 11 heteroatoms. The summed E-state index contributed by atoms with van der Waals surface area (Å²) >= 11 is 1.24. The highest BCUT2D eigenvalue weighted by Gasteiger charge is 2.14. The summed E-state index contributed by atoms with van der Waals surface area (Å²) in [5.41, 5.74) is 1.29. The summed E-state index contributed by atoms with van der Waals surface area (Å²) in [6.45, 7) is 2.35. The van der Waals surface area contributed by atoms with E-state index in [0.717, 1.165) is 0 Å². The zero-order valence-electron chi connectivity index (χ0n) is 16.1. The number of rotatable bonds is 9. The average molecular weight is 453 g/mol. The van der Waals surface area contributed by atoms with Gasteiger partial charge in [0.1, 0.15) is 10.6 Å². The molecule has 0 fully saturated rings. The van der Waals surface area contributed by atoms with E-state index in [1.165, 1.54) is 11.3 Å². The van der Waals surface area contributed by atoms with Crippen LogP contribution >= 0.6 is 11.3 Å². The molecule has 0 spiro atoms. The number of benzene rings is 1. The summed E-state index contributed by atoms with van der Waals surface area (Å²) in [6.07, 6.45) is 0.272. The van der Waals surface area contributed by atoms with Crippen molar-refractivity contribution in [3.8, 4) is 10.6 Å². The van der Waals surface area contributed by atoms with Crippen molar-refractivity contribution in [2.24, 2.45) is 0 Å². The largest absolute Gasteiger partial charge is 0.466 e. The van der Waals surface area contributed by atoms with Crippen LogP contribution < -0.4 is 10.9 Å². The molecule has 2 N–H and O–H groups in total. The topological polar surface area (TPSA) is 136 Å². The van der Waals surface area contributed by atoms with Gasteiger partial charge in [-0.05, 0) is 31.5 Å². The van der Waals surface area contributed by atoms with Gasteiger partial charge in [-0.2, -0.15) is 8.42 Å². The van der Waals surface area contributed by atoms with Crippen molar-refractivity contribution >= 4 is 44.1 Å². The van der Waals surface area contributed by atoms with Gasteiger partial charge in [-0.1, -0.05) is 0 Å². The molecule has 3 aromatic rings. The molecule has 0 aliphatic heterocycles. The van der Waals surface area contributed by atoms with Crippen LogP contribution in [0.1, 0.15) is 19.0 Å². The number of hydrogen-bond acceptors (Lipinski definition) is 9. The van der Waals surface area contributed by atoms with Crippen molar-refractivity contribution in [3.63, 3.8) is 0 Å². The van der Waals surface area contributed by atoms with Crippen molar-refractivity contribution in [1.29, 1.82) is 0 Å². The lowest BCUT2D eigenvalue weighted by Gasteiger charge is -2.07. The number of esters is 1. The van der Waals surface area contributed by atoms with E-state index in [2.05, 4.69) is 10.3 Å². The van der Waals surface area contributed by atoms with E-state index >= 15 is 0 Å². The van der Waals surface area contributed by atoms with Crippen LogP contribution in [0.3, 0.4) is 0 Å². The molecule has 0 radical (unpaired) electrons. The first-order chi connectivity index (χ1) is 14.2. The molecule has 0 amide bonds. The summed E-state index contributed by atoms with van der Waals surface area (Å²) in [5, 5.41) is 5.87. The third-order valence-corrected chi connectivity index (χ3v) is 5.79. The predicted octanol–water partition coefficient (Wildman–Crippen LogP) is 2.71. The first-order valence-electron chi connectivity index (χ1n) is 9.12. The number of nitrogens with zero attached hydrogens (tertiary/aromatic N) is 1. The van der Waals surface area contributed by atoms with Gasteiger partial charge in [0.2, 0.25) is 0 Å². The molecule has 2 heterocycles. The summed E-state index contributed by atoms with van der Waals surface area (Å²) in [6, 6.07) is 6.85. The van der Waals surface area contributed by atoms with Crippen LogP contribution in [0.5, 0.6) is 0 Å². The van der Waals surface area contributed by atoms with Crippen molar-refractivity contribution in [3.05, 3.63) is 45.8 Å². The molecular formula is C19H20N2O7S2. The molecule has 1 aromatic carbocycles. The Morgan fingerprint density at radius 2 is 2.13 bits per heavy atom. The fourth-order valence-electron chi connectivity index (χ4n) is 2.73. The van der Waals surface area contributed by atoms with Crippen molar-refractivity contribution in [2.45, 2.75) is 19.8 Å². The third-order valence-electron chi connectivity index (χ3n) is 4.06. The van der Waals surface area contributed by atoms with Crippen molar-refractivity contribution in [1.82, 2.24) is 4.98 Å². The number of fused-ring (bicyclic) bond motifs is 1. The maximum absolute atomic E-state index is 12.4. The summed E-state index contributed by atoms with van der Waals surface area (Å²) in [5.74, 6) is -0.714. The molecule has 0 saturated carbocycles. The Hall–Kier alpha value is -2.76. The molecule has 2 aromatic heterocycles. The molecule has 0 aliphatic rings. The van der Waals surface area contributed by atoms with Gasteiger partial charge >= 0.3 is 11.6 Å². The Bertz CT molecular complexity index is 1220. The summed E-state index contributed by atoms with van der Waals surface area (Å²) in [4.78, 5) is 28.4. The van der Waals surface area contributed by atoms with E-state index in [1.54, 1.807) is 36.6 Å². The molecule has 0 aliphatic carbocycles. The number of carbonyl (C=O) groups excluding carboxylic acids is 1. The van der Waals surface area contributed by atoms with E-state index in [1.807, 2.05) is 0 Å². The highest BCUT2D eigenvalue weighted by atomic mass is 32.2. The number of ether oxygens (including phenoxy) is 1. The molecule has 0 saturated heterocycles. The normalized spacial score (nSPS) is 11.5. The van der Waals surface area contributed by atoms with Crippen LogP contribution in [0.25, 0.3) is 21.5 Å². The van der Waals surface area contributed by atoms with Gasteiger partial charge in [-0.25, -0.2) is 9.78 Å². The van der Waals surface area contributed by atoms with Crippen LogP contribution in [0.2, 0.25) is 0 Å².